The number of hydrogen-bond acceptors (Lipinski definition) is 5. The molecule has 2 aromatic rings. The molecular weight excluding hydrogens is 234 g/mol. The Hall–Kier alpha value is -2.15. The van der Waals surface area contributed by atoms with Crippen LogP contribution in [0.25, 0.3) is 5.65 Å². The second-order valence-electron chi connectivity index (χ2n) is 4.16. The zero-order chi connectivity index (χ0) is 12.5. The van der Waals surface area contributed by atoms with Gasteiger partial charge in [-0.2, -0.15) is 0 Å². The van der Waals surface area contributed by atoms with Gasteiger partial charge in [0, 0.05) is 26.2 Å². The van der Waals surface area contributed by atoms with Crippen molar-refractivity contribution in [2.75, 3.05) is 31.1 Å². The van der Waals surface area contributed by atoms with Crippen molar-refractivity contribution in [3.05, 3.63) is 24.0 Å². The molecule has 7 nitrogen and oxygen atoms in total. The quantitative estimate of drug-likeness (QED) is 0.767. The molecule has 7 heteroatoms. The van der Waals surface area contributed by atoms with Gasteiger partial charge in [0.25, 0.3) is 0 Å². The number of imidazole rings is 1. The number of carboxylic acids is 1. The standard InChI is InChI=1S/C11H13N5O2/c17-11(18)8-7-16-9(13-8)1-2-10(14-16)15-5-3-12-4-6-15/h1-2,7,12H,3-6H2,(H,17,18). The maximum atomic E-state index is 10.8. The van der Waals surface area contributed by atoms with Gasteiger partial charge in [-0.05, 0) is 12.1 Å². The van der Waals surface area contributed by atoms with Crippen molar-refractivity contribution >= 4 is 17.4 Å². The van der Waals surface area contributed by atoms with Crippen LogP contribution in [-0.4, -0.2) is 51.9 Å². The van der Waals surface area contributed by atoms with E-state index < -0.39 is 5.97 Å². The first-order valence-electron chi connectivity index (χ1n) is 5.79. The van der Waals surface area contributed by atoms with Crippen molar-refractivity contribution in [1.82, 2.24) is 19.9 Å². The number of hydrogen-bond donors (Lipinski definition) is 2. The van der Waals surface area contributed by atoms with Crippen LogP contribution in [0.4, 0.5) is 5.82 Å². The maximum Gasteiger partial charge on any atom is 0.356 e. The first-order valence-corrected chi connectivity index (χ1v) is 5.79. The number of fused-ring (bicyclic) bond motifs is 1. The number of nitrogens with one attached hydrogen (secondary N) is 1. The molecular formula is C11H13N5O2. The number of rotatable bonds is 2. The first kappa shape index (κ1) is 11.0. The molecule has 3 rings (SSSR count). The molecule has 2 aromatic heterocycles. The van der Waals surface area contributed by atoms with Gasteiger partial charge >= 0.3 is 5.97 Å². The third kappa shape index (κ3) is 1.88. The maximum absolute atomic E-state index is 10.8. The SMILES string of the molecule is O=C(O)c1cn2nc(N3CCNCC3)ccc2n1. The normalized spacial score (nSPS) is 16.1. The molecule has 0 amide bonds. The summed E-state index contributed by atoms with van der Waals surface area (Å²) in [7, 11) is 0. The third-order valence-electron chi connectivity index (χ3n) is 2.97. The lowest BCUT2D eigenvalue weighted by molar-refractivity contribution is 0.0691. The minimum Gasteiger partial charge on any atom is -0.476 e. The molecule has 18 heavy (non-hydrogen) atoms. The van der Waals surface area contributed by atoms with Crippen molar-refractivity contribution in [1.29, 1.82) is 0 Å². The smallest absolute Gasteiger partial charge is 0.356 e. The van der Waals surface area contributed by atoms with Gasteiger partial charge in [-0.3, -0.25) is 0 Å². The van der Waals surface area contributed by atoms with Crippen molar-refractivity contribution in [3.63, 3.8) is 0 Å². The van der Waals surface area contributed by atoms with Crippen LogP contribution in [0.1, 0.15) is 10.5 Å². The Kier molecular flexibility index (Phi) is 2.60. The van der Waals surface area contributed by atoms with Crippen molar-refractivity contribution in [3.8, 4) is 0 Å². The van der Waals surface area contributed by atoms with Gasteiger partial charge < -0.3 is 15.3 Å². The molecule has 0 unspecified atom stereocenters. The molecule has 0 atom stereocenters. The summed E-state index contributed by atoms with van der Waals surface area (Å²) in [4.78, 5) is 17.0. The minimum absolute atomic E-state index is 0.0139. The predicted molar refractivity (Wildman–Crippen MR) is 65.0 cm³/mol. The largest absolute Gasteiger partial charge is 0.476 e. The van der Waals surface area contributed by atoms with Crippen molar-refractivity contribution in [2.24, 2.45) is 0 Å². The fraction of sp³-hybridized carbons (Fsp3) is 0.364. The van der Waals surface area contributed by atoms with Gasteiger partial charge in [0.2, 0.25) is 0 Å². The van der Waals surface area contributed by atoms with Crippen molar-refractivity contribution in [2.45, 2.75) is 0 Å². The molecule has 0 saturated carbocycles. The summed E-state index contributed by atoms with van der Waals surface area (Å²) in [6.45, 7) is 3.67. The van der Waals surface area contributed by atoms with E-state index in [0.717, 1.165) is 32.0 Å². The van der Waals surface area contributed by atoms with Gasteiger partial charge in [0.1, 0.15) is 5.82 Å². The average molecular weight is 247 g/mol. The average Bonchev–Trinajstić information content (AvgIpc) is 2.82. The molecule has 1 aliphatic heterocycles. The number of piperazine rings is 1. The Balaban J connectivity index is 1.96. The fourth-order valence-corrected chi connectivity index (χ4v) is 2.04. The molecule has 94 valence electrons. The molecule has 2 N–H and O–H groups in total. The lowest BCUT2D eigenvalue weighted by Crippen LogP contribution is -2.44. The second kappa shape index (κ2) is 4.26. The summed E-state index contributed by atoms with van der Waals surface area (Å²) in [6, 6.07) is 3.66. The number of anilines is 1. The van der Waals surface area contributed by atoms with Gasteiger partial charge in [-0.1, -0.05) is 0 Å². The summed E-state index contributed by atoms with van der Waals surface area (Å²) in [5.41, 5.74) is 0.561. The Morgan fingerprint density at radius 3 is 2.83 bits per heavy atom. The lowest BCUT2D eigenvalue weighted by Gasteiger charge is -2.28. The van der Waals surface area contributed by atoms with E-state index in [2.05, 4.69) is 20.3 Å². The topological polar surface area (TPSA) is 82.8 Å². The number of nitrogens with zero attached hydrogens (tertiary/aromatic N) is 4. The molecule has 0 aliphatic carbocycles. The van der Waals surface area contributed by atoms with E-state index in [9.17, 15) is 4.79 Å². The molecule has 0 spiro atoms. The molecule has 0 bridgehead atoms. The highest BCUT2D eigenvalue weighted by Gasteiger charge is 2.14. The zero-order valence-electron chi connectivity index (χ0n) is 9.70. The van der Waals surface area contributed by atoms with Crippen molar-refractivity contribution < 1.29 is 9.90 Å². The Morgan fingerprint density at radius 2 is 2.11 bits per heavy atom. The van der Waals surface area contributed by atoms with E-state index in [-0.39, 0.29) is 5.69 Å². The summed E-state index contributed by atoms with van der Waals surface area (Å²) in [5, 5.41) is 16.5. The van der Waals surface area contributed by atoms with Crippen LogP contribution < -0.4 is 10.2 Å². The molecule has 1 saturated heterocycles. The lowest BCUT2D eigenvalue weighted by atomic mass is 10.3. The van der Waals surface area contributed by atoms with Crippen LogP contribution in [0, 0.1) is 0 Å². The van der Waals surface area contributed by atoms with Crippen LogP contribution >= 0.6 is 0 Å². The summed E-state index contributed by atoms with van der Waals surface area (Å²) in [5.74, 6) is -0.192. The van der Waals surface area contributed by atoms with E-state index in [4.69, 9.17) is 5.11 Å². The molecule has 0 aromatic carbocycles. The van der Waals surface area contributed by atoms with Crippen LogP contribution in [-0.2, 0) is 0 Å². The van der Waals surface area contributed by atoms with E-state index in [1.807, 2.05) is 6.07 Å². The van der Waals surface area contributed by atoms with Gasteiger partial charge in [0.15, 0.2) is 11.3 Å². The Morgan fingerprint density at radius 1 is 1.33 bits per heavy atom. The first-order chi connectivity index (χ1) is 8.74. The third-order valence-corrected chi connectivity index (χ3v) is 2.97. The van der Waals surface area contributed by atoms with Gasteiger partial charge in [-0.15, -0.1) is 5.10 Å². The number of aromatic carboxylic acids is 1. The summed E-state index contributed by atoms with van der Waals surface area (Å²) < 4.78 is 1.51. The second-order valence-corrected chi connectivity index (χ2v) is 4.16. The van der Waals surface area contributed by atoms with E-state index in [0.29, 0.717) is 5.65 Å². The molecule has 3 heterocycles. The molecule has 1 fully saturated rings. The zero-order valence-corrected chi connectivity index (χ0v) is 9.70. The van der Waals surface area contributed by atoms with E-state index in [1.54, 1.807) is 6.07 Å². The van der Waals surface area contributed by atoms with Crippen LogP contribution in [0.15, 0.2) is 18.3 Å². The van der Waals surface area contributed by atoms with Crippen LogP contribution in [0.3, 0.4) is 0 Å². The van der Waals surface area contributed by atoms with Crippen LogP contribution in [0.5, 0.6) is 0 Å². The highest BCUT2D eigenvalue weighted by Crippen LogP contribution is 2.13. The Labute approximate surface area is 103 Å². The van der Waals surface area contributed by atoms with Crippen LogP contribution in [0.2, 0.25) is 0 Å². The van der Waals surface area contributed by atoms with E-state index >= 15 is 0 Å². The Bertz CT molecular complexity index is 588. The monoisotopic (exact) mass is 247 g/mol. The number of aromatic nitrogens is 3. The minimum atomic E-state index is -1.04. The summed E-state index contributed by atoms with van der Waals surface area (Å²) >= 11 is 0. The highest BCUT2D eigenvalue weighted by molar-refractivity contribution is 5.86. The summed E-state index contributed by atoms with van der Waals surface area (Å²) in [6.07, 6.45) is 1.43. The molecule has 0 radical (unpaired) electrons. The van der Waals surface area contributed by atoms with E-state index in [1.165, 1.54) is 10.7 Å². The van der Waals surface area contributed by atoms with Gasteiger partial charge in [-0.25, -0.2) is 14.3 Å². The number of carboxylic acid groups (broad SMARTS) is 1. The number of carbonyl (C=O) groups is 1. The van der Waals surface area contributed by atoms with Gasteiger partial charge in [0.05, 0.1) is 6.20 Å². The predicted octanol–water partition coefficient (Wildman–Crippen LogP) is -0.163. The highest BCUT2D eigenvalue weighted by atomic mass is 16.4. The molecule has 1 aliphatic rings. The fourth-order valence-electron chi connectivity index (χ4n) is 2.04.